The van der Waals surface area contributed by atoms with Crippen molar-refractivity contribution < 1.29 is 23.8 Å². The molecule has 2 N–H and O–H groups in total. The van der Waals surface area contributed by atoms with E-state index in [1.54, 1.807) is 6.20 Å². The van der Waals surface area contributed by atoms with Crippen molar-refractivity contribution in [3.63, 3.8) is 0 Å². The molecular formula is C16H19ClN4O5. The zero-order valence-corrected chi connectivity index (χ0v) is 15.2. The van der Waals surface area contributed by atoms with Gasteiger partial charge in [0, 0.05) is 32.7 Å². The van der Waals surface area contributed by atoms with Crippen molar-refractivity contribution in [3.8, 4) is 0 Å². The minimum atomic E-state index is -0.635. The van der Waals surface area contributed by atoms with Gasteiger partial charge in [-0.05, 0) is 0 Å². The van der Waals surface area contributed by atoms with Gasteiger partial charge in [-0.1, -0.05) is 11.6 Å². The zero-order chi connectivity index (χ0) is 18.8. The first-order valence-corrected chi connectivity index (χ1v) is 8.37. The van der Waals surface area contributed by atoms with E-state index in [0.29, 0.717) is 16.2 Å². The molecule has 140 valence electrons. The number of H-pyrrole nitrogens is 1. The van der Waals surface area contributed by atoms with Gasteiger partial charge < -0.3 is 19.2 Å². The molecule has 1 saturated heterocycles. The van der Waals surface area contributed by atoms with E-state index in [0.717, 1.165) is 5.56 Å². The summed E-state index contributed by atoms with van der Waals surface area (Å²) in [5, 5.41) is 3.62. The number of carbonyl (C=O) groups excluding carboxylic acids is 2. The van der Waals surface area contributed by atoms with Gasteiger partial charge in [-0.3, -0.25) is 14.9 Å². The SMILES string of the molecule is CO[C@@H]1[C@H](OC(C)=O)[C@@H](COC(C)=O)N[C@H]1c1c[nH]c2c(Cl)ncnc12. The van der Waals surface area contributed by atoms with Crippen LogP contribution in [0.4, 0.5) is 0 Å². The molecule has 0 aliphatic carbocycles. The third-order valence-corrected chi connectivity index (χ3v) is 4.55. The Hall–Kier alpha value is -2.23. The van der Waals surface area contributed by atoms with Crippen LogP contribution in [-0.4, -0.2) is 58.9 Å². The number of aromatic amines is 1. The summed E-state index contributed by atoms with van der Waals surface area (Å²) in [5.74, 6) is -0.867. The number of nitrogens with zero attached hydrogens (tertiary/aromatic N) is 2. The van der Waals surface area contributed by atoms with Gasteiger partial charge in [0.2, 0.25) is 0 Å². The van der Waals surface area contributed by atoms with Crippen molar-refractivity contribution in [2.45, 2.75) is 38.1 Å². The fourth-order valence-electron chi connectivity index (χ4n) is 3.23. The number of hydrogen-bond donors (Lipinski definition) is 2. The van der Waals surface area contributed by atoms with Crippen molar-refractivity contribution in [2.75, 3.05) is 13.7 Å². The Labute approximate surface area is 154 Å². The molecule has 0 saturated carbocycles. The molecule has 2 aromatic heterocycles. The molecule has 0 bridgehead atoms. The molecule has 1 fully saturated rings. The lowest BCUT2D eigenvalue weighted by Crippen LogP contribution is -2.41. The first-order chi connectivity index (χ1) is 12.4. The summed E-state index contributed by atoms with van der Waals surface area (Å²) in [4.78, 5) is 34.0. The first-order valence-electron chi connectivity index (χ1n) is 7.99. The highest BCUT2D eigenvalue weighted by Crippen LogP contribution is 2.35. The Morgan fingerprint density at radius 2 is 2.00 bits per heavy atom. The average molecular weight is 383 g/mol. The van der Waals surface area contributed by atoms with Gasteiger partial charge in [0.15, 0.2) is 5.15 Å². The number of ether oxygens (including phenoxy) is 3. The lowest BCUT2D eigenvalue weighted by atomic mass is 10.0. The summed E-state index contributed by atoms with van der Waals surface area (Å²) in [6.45, 7) is 2.68. The van der Waals surface area contributed by atoms with Crippen molar-refractivity contribution in [2.24, 2.45) is 0 Å². The van der Waals surface area contributed by atoms with E-state index in [4.69, 9.17) is 25.8 Å². The van der Waals surface area contributed by atoms with Crippen molar-refractivity contribution in [1.29, 1.82) is 0 Å². The van der Waals surface area contributed by atoms with E-state index in [1.165, 1.54) is 27.3 Å². The van der Waals surface area contributed by atoms with Gasteiger partial charge >= 0.3 is 11.9 Å². The molecule has 1 aliphatic rings. The second-order valence-electron chi connectivity index (χ2n) is 5.96. The lowest BCUT2D eigenvalue weighted by molar-refractivity contribution is -0.154. The number of nitrogens with one attached hydrogen (secondary N) is 2. The van der Waals surface area contributed by atoms with Crippen LogP contribution >= 0.6 is 11.6 Å². The Kier molecular flexibility index (Phi) is 5.40. The van der Waals surface area contributed by atoms with Crippen LogP contribution in [0.3, 0.4) is 0 Å². The predicted molar refractivity (Wildman–Crippen MR) is 91.5 cm³/mol. The van der Waals surface area contributed by atoms with Gasteiger partial charge in [-0.15, -0.1) is 0 Å². The van der Waals surface area contributed by atoms with E-state index in [-0.39, 0.29) is 12.6 Å². The largest absolute Gasteiger partial charge is 0.464 e. The second-order valence-corrected chi connectivity index (χ2v) is 6.32. The summed E-state index contributed by atoms with van der Waals surface area (Å²) >= 11 is 6.10. The van der Waals surface area contributed by atoms with Gasteiger partial charge in [0.05, 0.1) is 17.6 Å². The van der Waals surface area contributed by atoms with Crippen molar-refractivity contribution in [1.82, 2.24) is 20.3 Å². The number of halogens is 1. The number of methoxy groups -OCH3 is 1. The number of fused-ring (bicyclic) bond motifs is 1. The molecule has 2 aromatic rings. The Morgan fingerprint density at radius 1 is 1.23 bits per heavy atom. The molecule has 1 aliphatic heterocycles. The van der Waals surface area contributed by atoms with E-state index >= 15 is 0 Å². The van der Waals surface area contributed by atoms with Crippen LogP contribution in [0.2, 0.25) is 5.15 Å². The minimum Gasteiger partial charge on any atom is -0.464 e. The molecule has 0 aromatic carbocycles. The number of esters is 2. The van der Waals surface area contributed by atoms with Crippen LogP contribution in [-0.2, 0) is 23.8 Å². The highest BCUT2D eigenvalue weighted by atomic mass is 35.5. The number of aromatic nitrogens is 3. The quantitative estimate of drug-likeness (QED) is 0.584. The Morgan fingerprint density at radius 3 is 2.65 bits per heavy atom. The number of carbonyl (C=O) groups is 2. The first kappa shape index (κ1) is 18.6. The van der Waals surface area contributed by atoms with Crippen LogP contribution < -0.4 is 5.32 Å². The normalized spacial score (nSPS) is 25.4. The van der Waals surface area contributed by atoms with E-state index in [9.17, 15) is 9.59 Å². The maximum absolute atomic E-state index is 11.5. The van der Waals surface area contributed by atoms with Gasteiger partial charge in [-0.25, -0.2) is 9.97 Å². The monoisotopic (exact) mass is 382 g/mol. The fourth-order valence-corrected chi connectivity index (χ4v) is 3.42. The Bertz CT molecular complexity index is 826. The minimum absolute atomic E-state index is 0.0434. The lowest BCUT2D eigenvalue weighted by Gasteiger charge is -2.23. The maximum atomic E-state index is 11.5. The molecule has 0 unspecified atom stereocenters. The molecular weight excluding hydrogens is 364 g/mol. The van der Waals surface area contributed by atoms with Crippen LogP contribution in [0.25, 0.3) is 11.0 Å². The van der Waals surface area contributed by atoms with Gasteiger partial charge in [0.1, 0.15) is 30.7 Å². The smallest absolute Gasteiger partial charge is 0.303 e. The topological polar surface area (TPSA) is 115 Å². The molecule has 4 atom stereocenters. The summed E-state index contributed by atoms with van der Waals surface area (Å²) in [7, 11) is 1.53. The van der Waals surface area contributed by atoms with Crippen LogP contribution in [0.15, 0.2) is 12.5 Å². The van der Waals surface area contributed by atoms with Crippen LogP contribution in [0, 0.1) is 0 Å². The molecule has 26 heavy (non-hydrogen) atoms. The Balaban J connectivity index is 1.95. The average Bonchev–Trinajstić information content (AvgIpc) is 3.14. The van der Waals surface area contributed by atoms with Crippen LogP contribution in [0.1, 0.15) is 25.5 Å². The highest BCUT2D eigenvalue weighted by molar-refractivity contribution is 6.33. The molecule has 0 amide bonds. The molecule has 3 rings (SSSR count). The highest BCUT2D eigenvalue weighted by Gasteiger charge is 2.47. The molecule has 3 heterocycles. The molecule has 10 heteroatoms. The maximum Gasteiger partial charge on any atom is 0.303 e. The van der Waals surface area contributed by atoms with Gasteiger partial charge in [0.25, 0.3) is 0 Å². The predicted octanol–water partition coefficient (Wildman–Crippen LogP) is 1.13. The summed E-state index contributed by atoms with van der Waals surface area (Å²) in [5.41, 5.74) is 2.03. The molecule has 0 spiro atoms. The molecule has 9 nitrogen and oxygen atoms in total. The number of hydrogen-bond acceptors (Lipinski definition) is 8. The van der Waals surface area contributed by atoms with E-state index in [2.05, 4.69) is 20.3 Å². The van der Waals surface area contributed by atoms with Crippen molar-refractivity contribution >= 4 is 34.6 Å². The summed E-state index contributed by atoms with van der Waals surface area (Å²) < 4.78 is 16.1. The van der Waals surface area contributed by atoms with E-state index in [1.807, 2.05) is 0 Å². The third kappa shape index (κ3) is 3.50. The molecule has 0 radical (unpaired) electrons. The summed E-state index contributed by atoms with van der Waals surface area (Å²) in [6, 6.07) is -0.787. The standard InChI is InChI=1S/C16H19ClN4O5/c1-7(22)25-5-10-14(26-8(2)23)15(24-3)12(21-10)9-4-18-13-11(9)19-6-20-16(13)17/h4,6,10,12,14-15,18,21H,5H2,1-3H3/t10-,12+,14-,15+/m1/s1. The van der Waals surface area contributed by atoms with E-state index < -0.39 is 30.2 Å². The van der Waals surface area contributed by atoms with Crippen LogP contribution in [0.5, 0.6) is 0 Å². The van der Waals surface area contributed by atoms with Crippen molar-refractivity contribution in [3.05, 3.63) is 23.2 Å². The fraction of sp³-hybridized carbons (Fsp3) is 0.500. The summed E-state index contributed by atoms with van der Waals surface area (Å²) in [6.07, 6.45) is 1.99. The van der Waals surface area contributed by atoms with Gasteiger partial charge in [-0.2, -0.15) is 0 Å². The second kappa shape index (κ2) is 7.56. The zero-order valence-electron chi connectivity index (χ0n) is 14.5. The third-order valence-electron chi connectivity index (χ3n) is 4.26. The number of rotatable bonds is 5.